The molecule has 0 atom stereocenters. The topological polar surface area (TPSA) is 55.0 Å². The minimum Gasteiger partial charge on any atom is -0.343 e. The summed E-state index contributed by atoms with van der Waals surface area (Å²) < 4.78 is 0. The molecule has 0 bridgehead atoms. The van der Waals surface area contributed by atoms with Crippen LogP contribution in [-0.4, -0.2) is 30.1 Å². The molecule has 1 aromatic carbocycles. The standard InChI is InChI=1S/C14H18N4/c1-11-3-5-12(6-4-11)13-9-16-14(17-10-13)18(2)8-7-15/h3-6,9-10H,7-8,15H2,1-2H3. The van der Waals surface area contributed by atoms with Crippen molar-refractivity contribution >= 4 is 5.95 Å². The Morgan fingerprint density at radius 1 is 1.06 bits per heavy atom. The van der Waals surface area contributed by atoms with Crippen molar-refractivity contribution in [2.45, 2.75) is 6.92 Å². The molecule has 0 spiro atoms. The smallest absolute Gasteiger partial charge is 0.225 e. The van der Waals surface area contributed by atoms with Crippen LogP contribution in [0.25, 0.3) is 11.1 Å². The van der Waals surface area contributed by atoms with Gasteiger partial charge in [-0.05, 0) is 12.5 Å². The lowest BCUT2D eigenvalue weighted by molar-refractivity contribution is 0.846. The van der Waals surface area contributed by atoms with Gasteiger partial charge in [-0.25, -0.2) is 9.97 Å². The highest BCUT2D eigenvalue weighted by molar-refractivity contribution is 5.62. The maximum atomic E-state index is 5.50. The average molecular weight is 242 g/mol. The van der Waals surface area contributed by atoms with E-state index >= 15 is 0 Å². The van der Waals surface area contributed by atoms with Gasteiger partial charge in [-0.1, -0.05) is 29.8 Å². The van der Waals surface area contributed by atoms with Crippen molar-refractivity contribution in [3.63, 3.8) is 0 Å². The van der Waals surface area contributed by atoms with E-state index in [4.69, 9.17) is 5.73 Å². The van der Waals surface area contributed by atoms with E-state index in [9.17, 15) is 0 Å². The van der Waals surface area contributed by atoms with Crippen molar-refractivity contribution in [1.82, 2.24) is 9.97 Å². The van der Waals surface area contributed by atoms with Gasteiger partial charge in [0.1, 0.15) is 0 Å². The molecule has 1 heterocycles. The van der Waals surface area contributed by atoms with Gasteiger partial charge in [0.15, 0.2) is 0 Å². The monoisotopic (exact) mass is 242 g/mol. The third-order valence-electron chi connectivity index (χ3n) is 2.83. The quantitative estimate of drug-likeness (QED) is 0.889. The van der Waals surface area contributed by atoms with E-state index in [2.05, 4.69) is 41.2 Å². The molecule has 0 aliphatic heterocycles. The van der Waals surface area contributed by atoms with E-state index in [0.717, 1.165) is 17.7 Å². The molecule has 0 saturated carbocycles. The molecule has 0 amide bonds. The fraction of sp³-hybridized carbons (Fsp3) is 0.286. The molecule has 18 heavy (non-hydrogen) atoms. The average Bonchev–Trinajstić information content (AvgIpc) is 2.40. The van der Waals surface area contributed by atoms with Crippen molar-refractivity contribution in [2.75, 3.05) is 25.0 Å². The summed E-state index contributed by atoms with van der Waals surface area (Å²) in [5, 5.41) is 0. The van der Waals surface area contributed by atoms with E-state index in [0.29, 0.717) is 12.5 Å². The Hall–Kier alpha value is -1.94. The van der Waals surface area contributed by atoms with Crippen LogP contribution in [0.4, 0.5) is 5.95 Å². The Morgan fingerprint density at radius 3 is 2.22 bits per heavy atom. The Bertz CT molecular complexity index is 490. The van der Waals surface area contributed by atoms with Crippen LogP contribution < -0.4 is 10.6 Å². The molecule has 4 heteroatoms. The van der Waals surface area contributed by atoms with Gasteiger partial charge in [0.25, 0.3) is 0 Å². The van der Waals surface area contributed by atoms with Gasteiger partial charge in [-0.15, -0.1) is 0 Å². The first-order valence-electron chi connectivity index (χ1n) is 6.01. The molecule has 2 N–H and O–H groups in total. The second kappa shape index (κ2) is 5.60. The normalized spacial score (nSPS) is 10.4. The number of nitrogens with zero attached hydrogens (tertiary/aromatic N) is 3. The lowest BCUT2D eigenvalue weighted by Gasteiger charge is -2.15. The number of rotatable bonds is 4. The molecule has 0 unspecified atom stereocenters. The second-order valence-electron chi connectivity index (χ2n) is 4.35. The van der Waals surface area contributed by atoms with Crippen molar-refractivity contribution in [3.8, 4) is 11.1 Å². The highest BCUT2D eigenvalue weighted by Crippen LogP contribution is 2.19. The Labute approximate surface area is 107 Å². The molecular weight excluding hydrogens is 224 g/mol. The zero-order chi connectivity index (χ0) is 13.0. The van der Waals surface area contributed by atoms with Crippen LogP contribution in [0.5, 0.6) is 0 Å². The fourth-order valence-electron chi connectivity index (χ4n) is 1.71. The van der Waals surface area contributed by atoms with Crippen molar-refractivity contribution in [2.24, 2.45) is 5.73 Å². The van der Waals surface area contributed by atoms with Gasteiger partial charge in [-0.2, -0.15) is 0 Å². The molecule has 0 fully saturated rings. The maximum Gasteiger partial charge on any atom is 0.225 e. The predicted molar refractivity (Wildman–Crippen MR) is 74.5 cm³/mol. The molecule has 0 saturated heterocycles. The van der Waals surface area contributed by atoms with Gasteiger partial charge in [0, 0.05) is 38.1 Å². The lowest BCUT2D eigenvalue weighted by Crippen LogP contribution is -2.26. The van der Waals surface area contributed by atoms with Crippen LogP contribution in [0.1, 0.15) is 5.56 Å². The number of aromatic nitrogens is 2. The summed E-state index contributed by atoms with van der Waals surface area (Å²) in [5.74, 6) is 0.705. The van der Waals surface area contributed by atoms with Crippen LogP contribution in [0.15, 0.2) is 36.7 Å². The van der Waals surface area contributed by atoms with E-state index in [1.165, 1.54) is 5.56 Å². The minimum absolute atomic E-state index is 0.597. The Kier molecular flexibility index (Phi) is 3.89. The van der Waals surface area contributed by atoms with Gasteiger partial charge >= 0.3 is 0 Å². The number of aryl methyl sites for hydroxylation is 1. The van der Waals surface area contributed by atoms with E-state index in [1.54, 1.807) is 0 Å². The summed E-state index contributed by atoms with van der Waals surface area (Å²) in [6, 6.07) is 8.34. The summed E-state index contributed by atoms with van der Waals surface area (Å²) in [6.07, 6.45) is 3.69. The highest BCUT2D eigenvalue weighted by Gasteiger charge is 2.04. The third kappa shape index (κ3) is 2.84. The molecule has 4 nitrogen and oxygen atoms in total. The third-order valence-corrected chi connectivity index (χ3v) is 2.83. The number of anilines is 1. The Morgan fingerprint density at radius 2 is 1.67 bits per heavy atom. The predicted octanol–water partition coefficient (Wildman–Crippen LogP) is 1.85. The molecule has 1 aromatic heterocycles. The van der Waals surface area contributed by atoms with Crippen LogP contribution >= 0.6 is 0 Å². The zero-order valence-corrected chi connectivity index (χ0v) is 10.8. The first-order chi connectivity index (χ1) is 8.70. The van der Waals surface area contributed by atoms with Crippen molar-refractivity contribution < 1.29 is 0 Å². The summed E-state index contributed by atoms with van der Waals surface area (Å²) in [5.41, 5.74) is 8.91. The fourth-order valence-corrected chi connectivity index (χ4v) is 1.71. The maximum absolute atomic E-state index is 5.50. The molecule has 0 radical (unpaired) electrons. The summed E-state index contributed by atoms with van der Waals surface area (Å²) in [4.78, 5) is 10.7. The molecule has 0 aliphatic carbocycles. The second-order valence-corrected chi connectivity index (χ2v) is 4.35. The first-order valence-corrected chi connectivity index (χ1v) is 6.01. The first kappa shape index (κ1) is 12.5. The zero-order valence-electron chi connectivity index (χ0n) is 10.8. The molecule has 2 rings (SSSR count). The molecule has 2 aromatic rings. The van der Waals surface area contributed by atoms with Crippen molar-refractivity contribution in [1.29, 1.82) is 0 Å². The number of hydrogen-bond acceptors (Lipinski definition) is 4. The molecular formula is C14H18N4. The van der Waals surface area contributed by atoms with Gasteiger partial charge in [0.2, 0.25) is 5.95 Å². The van der Waals surface area contributed by atoms with Gasteiger partial charge < -0.3 is 10.6 Å². The number of likely N-dealkylation sites (N-methyl/N-ethyl adjacent to an activating group) is 1. The van der Waals surface area contributed by atoms with E-state index in [1.807, 2.05) is 24.3 Å². The van der Waals surface area contributed by atoms with E-state index < -0.39 is 0 Å². The highest BCUT2D eigenvalue weighted by atomic mass is 15.2. The minimum atomic E-state index is 0.597. The number of benzene rings is 1. The van der Waals surface area contributed by atoms with E-state index in [-0.39, 0.29) is 0 Å². The van der Waals surface area contributed by atoms with Crippen LogP contribution in [0.3, 0.4) is 0 Å². The lowest BCUT2D eigenvalue weighted by atomic mass is 10.1. The summed E-state index contributed by atoms with van der Waals surface area (Å²) in [6.45, 7) is 3.43. The molecule has 0 aliphatic rings. The van der Waals surface area contributed by atoms with Crippen LogP contribution in [0.2, 0.25) is 0 Å². The Balaban J connectivity index is 2.19. The van der Waals surface area contributed by atoms with Crippen LogP contribution in [-0.2, 0) is 0 Å². The summed E-state index contributed by atoms with van der Waals surface area (Å²) >= 11 is 0. The van der Waals surface area contributed by atoms with Gasteiger partial charge in [0.05, 0.1) is 0 Å². The number of hydrogen-bond donors (Lipinski definition) is 1. The SMILES string of the molecule is Cc1ccc(-c2cnc(N(C)CCN)nc2)cc1. The molecule has 94 valence electrons. The van der Waals surface area contributed by atoms with Gasteiger partial charge in [-0.3, -0.25) is 0 Å². The van der Waals surface area contributed by atoms with Crippen LogP contribution in [0, 0.1) is 6.92 Å². The largest absolute Gasteiger partial charge is 0.343 e. The number of nitrogens with two attached hydrogens (primary N) is 1. The summed E-state index contributed by atoms with van der Waals surface area (Å²) in [7, 11) is 1.94. The van der Waals surface area contributed by atoms with Crippen molar-refractivity contribution in [3.05, 3.63) is 42.2 Å².